The fourth-order valence-corrected chi connectivity index (χ4v) is 1.20. The van der Waals surface area contributed by atoms with Crippen molar-refractivity contribution >= 4 is 11.9 Å². The normalized spacial score (nSPS) is 16.4. The van der Waals surface area contributed by atoms with Crippen molar-refractivity contribution in [2.24, 2.45) is 0 Å². The number of allylic oxidation sites excluding steroid dienone is 2. The molecule has 0 atom stereocenters. The maximum Gasteiger partial charge on any atom is 0.336 e. The van der Waals surface area contributed by atoms with Crippen molar-refractivity contribution in [2.75, 3.05) is 0 Å². The van der Waals surface area contributed by atoms with Crippen LogP contribution in [0.4, 0.5) is 0 Å². The molecule has 76 valence electrons. The molecule has 0 heterocycles. The SMILES string of the molecule is O=C(O)/C=C/C(=O)OC1=CCCCC1. The maximum atomic E-state index is 11.0. The molecule has 0 aromatic carbocycles. The summed E-state index contributed by atoms with van der Waals surface area (Å²) in [6, 6.07) is 0. The average molecular weight is 196 g/mol. The molecule has 0 amide bonds. The van der Waals surface area contributed by atoms with Crippen LogP contribution in [0.5, 0.6) is 0 Å². The lowest BCUT2D eigenvalue weighted by Crippen LogP contribution is -2.04. The second-order valence-electron chi connectivity index (χ2n) is 3.01. The first-order chi connectivity index (χ1) is 6.68. The number of aliphatic carboxylic acids is 1. The van der Waals surface area contributed by atoms with E-state index >= 15 is 0 Å². The lowest BCUT2D eigenvalue weighted by atomic mass is 10.1. The molecular weight excluding hydrogens is 184 g/mol. The smallest absolute Gasteiger partial charge is 0.336 e. The number of ether oxygens (including phenoxy) is 1. The fraction of sp³-hybridized carbons (Fsp3) is 0.400. The van der Waals surface area contributed by atoms with E-state index in [4.69, 9.17) is 9.84 Å². The quantitative estimate of drug-likeness (QED) is 0.550. The van der Waals surface area contributed by atoms with Crippen molar-refractivity contribution in [3.63, 3.8) is 0 Å². The largest absolute Gasteiger partial charge is 0.478 e. The Labute approximate surface area is 81.9 Å². The molecule has 1 N–H and O–H groups in total. The van der Waals surface area contributed by atoms with Crippen LogP contribution in [-0.2, 0) is 14.3 Å². The van der Waals surface area contributed by atoms with Gasteiger partial charge in [-0.25, -0.2) is 9.59 Å². The first-order valence-corrected chi connectivity index (χ1v) is 4.50. The summed E-state index contributed by atoms with van der Waals surface area (Å²) in [5.41, 5.74) is 0. The highest BCUT2D eigenvalue weighted by molar-refractivity contribution is 5.91. The molecule has 0 unspecified atom stereocenters. The third-order valence-electron chi connectivity index (χ3n) is 1.84. The van der Waals surface area contributed by atoms with Gasteiger partial charge in [0.05, 0.1) is 0 Å². The molecule has 0 saturated carbocycles. The molecule has 0 radical (unpaired) electrons. The summed E-state index contributed by atoms with van der Waals surface area (Å²) in [5, 5.41) is 8.26. The van der Waals surface area contributed by atoms with Gasteiger partial charge >= 0.3 is 11.9 Å². The van der Waals surface area contributed by atoms with Crippen LogP contribution in [0.3, 0.4) is 0 Å². The Hall–Kier alpha value is -1.58. The van der Waals surface area contributed by atoms with Crippen LogP contribution in [0, 0.1) is 0 Å². The summed E-state index contributed by atoms with van der Waals surface area (Å²) >= 11 is 0. The molecule has 0 fully saturated rings. The third-order valence-corrected chi connectivity index (χ3v) is 1.84. The Balaban J connectivity index is 2.40. The van der Waals surface area contributed by atoms with Gasteiger partial charge in [0.2, 0.25) is 0 Å². The van der Waals surface area contributed by atoms with Crippen molar-refractivity contribution in [1.29, 1.82) is 0 Å². The lowest BCUT2D eigenvalue weighted by Gasteiger charge is -2.10. The number of carbonyl (C=O) groups excluding carboxylic acids is 1. The minimum Gasteiger partial charge on any atom is -0.478 e. The van der Waals surface area contributed by atoms with E-state index in [1.54, 1.807) is 0 Å². The second kappa shape index (κ2) is 5.21. The number of carboxylic acid groups (broad SMARTS) is 1. The lowest BCUT2D eigenvalue weighted by molar-refractivity contribution is -0.135. The summed E-state index contributed by atoms with van der Waals surface area (Å²) < 4.78 is 4.91. The number of carbonyl (C=O) groups is 2. The molecule has 1 rings (SSSR count). The minimum atomic E-state index is -1.15. The highest BCUT2D eigenvalue weighted by atomic mass is 16.5. The van der Waals surface area contributed by atoms with Crippen LogP contribution in [0.1, 0.15) is 25.7 Å². The molecule has 4 nitrogen and oxygen atoms in total. The van der Waals surface area contributed by atoms with Crippen molar-refractivity contribution < 1.29 is 19.4 Å². The summed E-state index contributed by atoms with van der Waals surface area (Å²) in [6.45, 7) is 0. The first kappa shape index (κ1) is 10.5. The van der Waals surface area contributed by atoms with E-state index in [1.165, 1.54) is 0 Å². The number of hydrogen-bond donors (Lipinski definition) is 1. The summed E-state index contributed by atoms with van der Waals surface area (Å²) in [5.74, 6) is -1.13. The number of carboxylic acids is 1. The first-order valence-electron chi connectivity index (χ1n) is 4.50. The molecule has 0 aromatic heterocycles. The molecule has 0 spiro atoms. The molecule has 0 saturated heterocycles. The summed E-state index contributed by atoms with van der Waals surface area (Å²) in [6.07, 6.45) is 7.37. The zero-order valence-corrected chi connectivity index (χ0v) is 7.73. The van der Waals surface area contributed by atoms with E-state index in [-0.39, 0.29) is 0 Å². The van der Waals surface area contributed by atoms with Gasteiger partial charge in [-0.1, -0.05) is 0 Å². The Morgan fingerprint density at radius 3 is 2.71 bits per heavy atom. The van der Waals surface area contributed by atoms with Gasteiger partial charge in [0.1, 0.15) is 5.76 Å². The summed E-state index contributed by atoms with van der Waals surface area (Å²) in [4.78, 5) is 21.1. The van der Waals surface area contributed by atoms with Crippen LogP contribution in [0.2, 0.25) is 0 Å². The van der Waals surface area contributed by atoms with Crippen LogP contribution >= 0.6 is 0 Å². The van der Waals surface area contributed by atoms with Crippen LogP contribution < -0.4 is 0 Å². The number of hydrogen-bond acceptors (Lipinski definition) is 3. The molecule has 0 aliphatic heterocycles. The summed E-state index contributed by atoms with van der Waals surface area (Å²) in [7, 11) is 0. The van der Waals surface area contributed by atoms with Crippen molar-refractivity contribution in [2.45, 2.75) is 25.7 Å². The molecule has 14 heavy (non-hydrogen) atoms. The highest BCUT2D eigenvalue weighted by Crippen LogP contribution is 2.18. The molecular formula is C10H12O4. The predicted molar refractivity (Wildman–Crippen MR) is 49.4 cm³/mol. The minimum absolute atomic E-state index is 0.624. The molecule has 1 aliphatic carbocycles. The zero-order valence-electron chi connectivity index (χ0n) is 7.73. The number of esters is 1. The molecule has 4 heteroatoms. The zero-order chi connectivity index (χ0) is 10.4. The standard InChI is InChI=1S/C10H12O4/c11-9(12)6-7-10(13)14-8-4-2-1-3-5-8/h4,6-7H,1-3,5H2,(H,11,12)/b7-6+. The third kappa shape index (κ3) is 3.89. The van der Waals surface area contributed by atoms with E-state index in [2.05, 4.69) is 0 Å². The second-order valence-corrected chi connectivity index (χ2v) is 3.01. The van der Waals surface area contributed by atoms with E-state index in [0.717, 1.165) is 37.8 Å². The van der Waals surface area contributed by atoms with Crippen LogP contribution in [-0.4, -0.2) is 17.0 Å². The van der Waals surface area contributed by atoms with E-state index in [0.29, 0.717) is 5.76 Å². The average Bonchev–Trinajstić information content (AvgIpc) is 2.16. The van der Waals surface area contributed by atoms with Gasteiger partial charge in [-0.05, 0) is 25.3 Å². The van der Waals surface area contributed by atoms with Gasteiger partial charge in [0.15, 0.2) is 0 Å². The van der Waals surface area contributed by atoms with E-state index in [9.17, 15) is 9.59 Å². The van der Waals surface area contributed by atoms with Crippen LogP contribution in [0.15, 0.2) is 24.0 Å². The van der Waals surface area contributed by atoms with Gasteiger partial charge in [-0.3, -0.25) is 0 Å². The topological polar surface area (TPSA) is 63.6 Å². The van der Waals surface area contributed by atoms with Crippen molar-refractivity contribution in [1.82, 2.24) is 0 Å². The van der Waals surface area contributed by atoms with Gasteiger partial charge in [-0.2, -0.15) is 0 Å². The predicted octanol–water partition coefficient (Wildman–Crippen LogP) is 1.63. The highest BCUT2D eigenvalue weighted by Gasteiger charge is 2.07. The van der Waals surface area contributed by atoms with Gasteiger partial charge in [-0.15, -0.1) is 0 Å². The Kier molecular flexibility index (Phi) is 3.91. The molecule has 0 aromatic rings. The van der Waals surface area contributed by atoms with Crippen molar-refractivity contribution in [3.8, 4) is 0 Å². The molecule has 0 bridgehead atoms. The van der Waals surface area contributed by atoms with E-state index in [1.807, 2.05) is 6.08 Å². The van der Waals surface area contributed by atoms with E-state index < -0.39 is 11.9 Å². The monoisotopic (exact) mass is 196 g/mol. The molecule has 1 aliphatic rings. The van der Waals surface area contributed by atoms with Crippen molar-refractivity contribution in [3.05, 3.63) is 24.0 Å². The Bertz CT molecular complexity index is 288. The Morgan fingerprint density at radius 1 is 1.36 bits per heavy atom. The van der Waals surface area contributed by atoms with Crippen LogP contribution in [0.25, 0.3) is 0 Å². The Morgan fingerprint density at radius 2 is 2.14 bits per heavy atom. The van der Waals surface area contributed by atoms with Gasteiger partial charge in [0.25, 0.3) is 0 Å². The van der Waals surface area contributed by atoms with Gasteiger partial charge < -0.3 is 9.84 Å². The number of rotatable bonds is 3. The van der Waals surface area contributed by atoms with Gasteiger partial charge in [0, 0.05) is 18.6 Å². The maximum absolute atomic E-state index is 11.0. The fourth-order valence-electron chi connectivity index (χ4n) is 1.20.